The molecule has 5 nitrogen and oxygen atoms in total. The van der Waals surface area contributed by atoms with Crippen molar-refractivity contribution in [2.24, 2.45) is 0 Å². The Kier molecular flexibility index (Phi) is 5.58. The Morgan fingerprint density at radius 2 is 1.75 bits per heavy atom. The van der Waals surface area contributed by atoms with Gasteiger partial charge in [0.05, 0.1) is 0 Å². The third kappa shape index (κ3) is 4.59. The minimum atomic E-state index is -0.233. The molecule has 0 bridgehead atoms. The number of nitrogens with one attached hydrogen (secondary N) is 1. The number of aryl methyl sites for hydroxylation is 2. The van der Waals surface area contributed by atoms with Gasteiger partial charge in [0.15, 0.2) is 6.61 Å². The molecule has 24 heavy (non-hydrogen) atoms. The van der Waals surface area contributed by atoms with Gasteiger partial charge in [-0.05, 0) is 55.3 Å². The van der Waals surface area contributed by atoms with Crippen LogP contribution in [-0.4, -0.2) is 25.5 Å². The lowest BCUT2D eigenvalue weighted by molar-refractivity contribution is -0.118. The highest BCUT2D eigenvalue weighted by Gasteiger charge is 2.08. The van der Waals surface area contributed by atoms with E-state index in [0.29, 0.717) is 11.4 Å². The molecule has 0 aromatic heterocycles. The average molecular weight is 326 g/mol. The second kappa shape index (κ2) is 7.64. The van der Waals surface area contributed by atoms with Gasteiger partial charge in [0, 0.05) is 25.3 Å². The molecule has 0 atom stereocenters. The molecule has 2 aromatic rings. The summed E-state index contributed by atoms with van der Waals surface area (Å²) in [7, 11) is 1.70. The molecular formula is C19H22N2O3. The lowest BCUT2D eigenvalue weighted by Gasteiger charge is -2.15. The van der Waals surface area contributed by atoms with Crippen LogP contribution >= 0.6 is 0 Å². The lowest BCUT2D eigenvalue weighted by atomic mass is 10.1. The normalized spacial score (nSPS) is 10.2. The van der Waals surface area contributed by atoms with Gasteiger partial charge in [0.25, 0.3) is 5.91 Å². The van der Waals surface area contributed by atoms with Gasteiger partial charge in [0.2, 0.25) is 5.91 Å². The fourth-order valence-corrected chi connectivity index (χ4v) is 2.15. The molecule has 0 spiro atoms. The zero-order valence-electron chi connectivity index (χ0n) is 14.4. The maximum Gasteiger partial charge on any atom is 0.262 e. The van der Waals surface area contributed by atoms with E-state index in [9.17, 15) is 9.59 Å². The first kappa shape index (κ1) is 17.5. The summed E-state index contributed by atoms with van der Waals surface area (Å²) in [5.74, 6) is 0.431. The fraction of sp³-hybridized carbons (Fsp3) is 0.263. The summed E-state index contributed by atoms with van der Waals surface area (Å²) in [5, 5.41) is 2.77. The first-order valence-electron chi connectivity index (χ1n) is 7.71. The van der Waals surface area contributed by atoms with Crippen molar-refractivity contribution >= 4 is 23.2 Å². The van der Waals surface area contributed by atoms with Crippen molar-refractivity contribution in [2.75, 3.05) is 23.9 Å². The lowest BCUT2D eigenvalue weighted by Crippen LogP contribution is -2.23. The number of anilines is 2. The second-order valence-electron chi connectivity index (χ2n) is 5.73. The van der Waals surface area contributed by atoms with Crippen LogP contribution in [0.1, 0.15) is 18.1 Å². The summed E-state index contributed by atoms with van der Waals surface area (Å²) in [4.78, 5) is 24.9. The number of benzene rings is 2. The second-order valence-corrected chi connectivity index (χ2v) is 5.73. The Morgan fingerprint density at radius 3 is 2.38 bits per heavy atom. The van der Waals surface area contributed by atoms with Gasteiger partial charge in [-0.25, -0.2) is 0 Å². The zero-order chi connectivity index (χ0) is 17.7. The summed E-state index contributed by atoms with van der Waals surface area (Å²) < 4.78 is 5.58. The largest absolute Gasteiger partial charge is 0.483 e. The zero-order valence-corrected chi connectivity index (χ0v) is 14.4. The van der Waals surface area contributed by atoms with Crippen molar-refractivity contribution in [1.29, 1.82) is 0 Å². The number of carbonyl (C=O) groups excluding carboxylic acids is 2. The molecule has 0 heterocycles. The minimum Gasteiger partial charge on any atom is -0.483 e. The van der Waals surface area contributed by atoms with E-state index in [1.165, 1.54) is 11.8 Å². The molecule has 1 N–H and O–H groups in total. The predicted octanol–water partition coefficient (Wildman–Crippen LogP) is 3.30. The van der Waals surface area contributed by atoms with E-state index < -0.39 is 0 Å². The fourth-order valence-electron chi connectivity index (χ4n) is 2.15. The number of amides is 2. The number of nitrogens with zero attached hydrogens (tertiary/aromatic N) is 1. The monoisotopic (exact) mass is 326 g/mol. The third-order valence-corrected chi connectivity index (χ3v) is 3.71. The molecule has 126 valence electrons. The van der Waals surface area contributed by atoms with Crippen LogP contribution in [0.5, 0.6) is 5.75 Å². The topological polar surface area (TPSA) is 58.6 Å². The molecule has 0 radical (unpaired) electrons. The van der Waals surface area contributed by atoms with Crippen LogP contribution in [0.15, 0.2) is 42.5 Å². The maximum atomic E-state index is 12.0. The van der Waals surface area contributed by atoms with E-state index in [2.05, 4.69) is 5.32 Å². The molecule has 5 heteroatoms. The molecule has 0 saturated heterocycles. The summed E-state index contributed by atoms with van der Waals surface area (Å²) in [5.41, 5.74) is 3.50. The van der Waals surface area contributed by atoms with Crippen LogP contribution in [-0.2, 0) is 9.59 Å². The van der Waals surface area contributed by atoms with Gasteiger partial charge in [0.1, 0.15) is 5.75 Å². The molecule has 0 aliphatic rings. The standard InChI is InChI=1S/C19H22N2O3/c1-13-5-6-14(2)18(11-13)24-12-19(23)20-16-7-9-17(10-8-16)21(4)15(3)22/h5-11H,12H2,1-4H3,(H,20,23). The van der Waals surface area contributed by atoms with Gasteiger partial charge in [-0.2, -0.15) is 0 Å². The van der Waals surface area contributed by atoms with Gasteiger partial charge < -0.3 is 15.0 Å². The highest BCUT2D eigenvalue weighted by atomic mass is 16.5. The summed E-state index contributed by atoms with van der Waals surface area (Å²) in [6.45, 7) is 5.36. The Morgan fingerprint density at radius 1 is 1.08 bits per heavy atom. The quantitative estimate of drug-likeness (QED) is 0.917. The molecule has 2 aromatic carbocycles. The van der Waals surface area contributed by atoms with Crippen molar-refractivity contribution in [3.8, 4) is 5.75 Å². The van der Waals surface area contributed by atoms with Gasteiger partial charge >= 0.3 is 0 Å². The molecule has 0 aliphatic heterocycles. The third-order valence-electron chi connectivity index (χ3n) is 3.71. The average Bonchev–Trinajstić information content (AvgIpc) is 2.55. The Balaban J connectivity index is 1.92. The van der Waals surface area contributed by atoms with Crippen LogP contribution in [0.25, 0.3) is 0 Å². The molecule has 2 rings (SSSR count). The first-order valence-corrected chi connectivity index (χ1v) is 7.71. The molecule has 2 amide bonds. The minimum absolute atomic E-state index is 0.0475. The SMILES string of the molecule is CC(=O)N(C)c1ccc(NC(=O)COc2cc(C)ccc2C)cc1. The van der Waals surface area contributed by atoms with Crippen molar-refractivity contribution in [2.45, 2.75) is 20.8 Å². The maximum absolute atomic E-state index is 12.0. The van der Waals surface area contributed by atoms with E-state index in [0.717, 1.165) is 16.8 Å². The molecule has 0 fully saturated rings. The van der Waals surface area contributed by atoms with E-state index in [1.54, 1.807) is 31.3 Å². The summed E-state index contributed by atoms with van der Waals surface area (Å²) in [6.07, 6.45) is 0. The highest BCUT2D eigenvalue weighted by Crippen LogP contribution is 2.20. The summed E-state index contributed by atoms with van der Waals surface area (Å²) in [6, 6.07) is 12.9. The van der Waals surface area contributed by atoms with Crippen molar-refractivity contribution in [1.82, 2.24) is 0 Å². The van der Waals surface area contributed by atoms with E-state index in [-0.39, 0.29) is 18.4 Å². The Labute approximate surface area is 142 Å². The number of hydrogen-bond donors (Lipinski definition) is 1. The Bertz CT molecular complexity index is 739. The van der Waals surface area contributed by atoms with Crippen LogP contribution in [0.3, 0.4) is 0 Å². The molecule has 0 unspecified atom stereocenters. The van der Waals surface area contributed by atoms with Gasteiger partial charge in [-0.1, -0.05) is 12.1 Å². The van der Waals surface area contributed by atoms with E-state index in [4.69, 9.17) is 4.74 Å². The van der Waals surface area contributed by atoms with Crippen LogP contribution in [0, 0.1) is 13.8 Å². The smallest absolute Gasteiger partial charge is 0.262 e. The van der Waals surface area contributed by atoms with E-state index >= 15 is 0 Å². The van der Waals surface area contributed by atoms with Crippen LogP contribution in [0.2, 0.25) is 0 Å². The van der Waals surface area contributed by atoms with Crippen LogP contribution < -0.4 is 15.0 Å². The number of carbonyl (C=O) groups is 2. The van der Waals surface area contributed by atoms with Crippen molar-refractivity contribution < 1.29 is 14.3 Å². The summed E-state index contributed by atoms with van der Waals surface area (Å²) >= 11 is 0. The molecular weight excluding hydrogens is 304 g/mol. The van der Waals surface area contributed by atoms with Gasteiger partial charge in [-0.15, -0.1) is 0 Å². The number of ether oxygens (including phenoxy) is 1. The van der Waals surface area contributed by atoms with Crippen LogP contribution in [0.4, 0.5) is 11.4 Å². The predicted molar refractivity (Wildman–Crippen MR) is 95.6 cm³/mol. The van der Waals surface area contributed by atoms with E-state index in [1.807, 2.05) is 32.0 Å². The number of rotatable bonds is 5. The first-order chi connectivity index (χ1) is 11.4. The number of hydrogen-bond acceptors (Lipinski definition) is 3. The van der Waals surface area contributed by atoms with Gasteiger partial charge in [-0.3, -0.25) is 9.59 Å². The van der Waals surface area contributed by atoms with Crippen molar-refractivity contribution in [3.05, 3.63) is 53.6 Å². The molecule has 0 aliphatic carbocycles. The highest BCUT2D eigenvalue weighted by molar-refractivity contribution is 5.93. The molecule has 0 saturated carbocycles. The Hall–Kier alpha value is -2.82. The van der Waals surface area contributed by atoms with Crippen molar-refractivity contribution in [3.63, 3.8) is 0 Å².